The molecular formula is C63H113NO13. The van der Waals surface area contributed by atoms with Crippen LogP contribution in [0.5, 0.6) is 0 Å². The first kappa shape index (κ1) is 70.8. The van der Waals surface area contributed by atoms with Gasteiger partial charge in [-0.2, -0.15) is 0 Å². The van der Waals surface area contributed by atoms with Gasteiger partial charge in [-0.3, -0.25) is 4.79 Å². The Hall–Kier alpha value is -2.31. The van der Waals surface area contributed by atoms with E-state index in [0.717, 1.165) is 70.6 Å². The van der Waals surface area contributed by atoms with Gasteiger partial charge in [0.1, 0.15) is 48.8 Å². The van der Waals surface area contributed by atoms with Crippen molar-refractivity contribution < 1.29 is 64.6 Å². The van der Waals surface area contributed by atoms with Crippen LogP contribution in [0.25, 0.3) is 0 Å². The van der Waals surface area contributed by atoms with E-state index in [1.165, 1.54) is 141 Å². The molecule has 2 heterocycles. The van der Waals surface area contributed by atoms with E-state index in [4.69, 9.17) is 18.9 Å². The van der Waals surface area contributed by atoms with Gasteiger partial charge < -0.3 is 65.1 Å². The maximum absolute atomic E-state index is 13.3. The van der Waals surface area contributed by atoms with Crippen LogP contribution in [0.3, 0.4) is 0 Å². The lowest BCUT2D eigenvalue weighted by Crippen LogP contribution is -2.65. The van der Waals surface area contributed by atoms with Crippen LogP contribution in [0.4, 0.5) is 0 Å². The van der Waals surface area contributed by atoms with Gasteiger partial charge in [0.05, 0.1) is 32.0 Å². The van der Waals surface area contributed by atoms with Crippen LogP contribution in [0.2, 0.25) is 0 Å². The first-order valence-corrected chi connectivity index (χ1v) is 31.0. The molecule has 12 unspecified atom stereocenters. The van der Waals surface area contributed by atoms with E-state index >= 15 is 0 Å². The predicted octanol–water partition coefficient (Wildman–Crippen LogP) is 10.9. The maximum Gasteiger partial charge on any atom is 0.220 e. The number of aliphatic hydroxyl groups is 8. The molecule has 12 atom stereocenters. The van der Waals surface area contributed by atoms with Crippen molar-refractivity contribution in [3.8, 4) is 0 Å². The molecule has 9 N–H and O–H groups in total. The van der Waals surface area contributed by atoms with E-state index in [1.807, 2.05) is 6.08 Å². The smallest absolute Gasteiger partial charge is 0.220 e. The molecule has 1 amide bonds. The Morgan fingerprint density at radius 2 is 0.896 bits per heavy atom. The van der Waals surface area contributed by atoms with Crippen LogP contribution in [0.15, 0.2) is 60.8 Å². The Morgan fingerprint density at radius 1 is 0.481 bits per heavy atom. The number of hydrogen-bond acceptors (Lipinski definition) is 13. The Balaban J connectivity index is 1.76. The third-order valence-corrected chi connectivity index (χ3v) is 15.0. The number of carbonyl (C=O) groups excluding carboxylic acids is 1. The maximum atomic E-state index is 13.3. The highest BCUT2D eigenvalue weighted by Crippen LogP contribution is 2.30. The van der Waals surface area contributed by atoms with Gasteiger partial charge in [-0.1, -0.05) is 235 Å². The van der Waals surface area contributed by atoms with Crippen molar-refractivity contribution in [1.29, 1.82) is 0 Å². The lowest BCUT2D eigenvalue weighted by Gasteiger charge is -2.46. The summed E-state index contributed by atoms with van der Waals surface area (Å²) in [6.07, 6.45) is 45.4. The summed E-state index contributed by atoms with van der Waals surface area (Å²) in [5, 5.41) is 87.2. The molecule has 2 fully saturated rings. The number of ether oxygens (including phenoxy) is 4. The molecule has 2 aliphatic heterocycles. The summed E-state index contributed by atoms with van der Waals surface area (Å²) in [5.41, 5.74) is 0. The SMILES string of the molecule is CC/C=C\C/C=C\C/C=C\C/C=C\CCCCCCCCCCC(=O)NC(COC1OC(CO)C(OC2OC(CO)C(O)C(O)C2O)C(O)C1O)C(O)/C=C/CCCCCCCCCCCCCCCCCCCCCC. The molecule has 14 heteroatoms. The minimum Gasteiger partial charge on any atom is -0.394 e. The first-order valence-electron chi connectivity index (χ1n) is 31.0. The molecule has 0 spiro atoms. The molecule has 14 nitrogen and oxygen atoms in total. The lowest BCUT2D eigenvalue weighted by molar-refractivity contribution is -0.359. The molecule has 448 valence electrons. The van der Waals surface area contributed by atoms with Gasteiger partial charge in [0.2, 0.25) is 5.91 Å². The Labute approximate surface area is 466 Å². The number of rotatable bonds is 49. The average molecular weight is 1090 g/mol. The van der Waals surface area contributed by atoms with E-state index in [2.05, 4.69) is 67.8 Å². The van der Waals surface area contributed by atoms with Crippen LogP contribution in [-0.2, 0) is 23.7 Å². The van der Waals surface area contributed by atoms with Gasteiger partial charge in [0, 0.05) is 6.42 Å². The number of hydrogen-bond donors (Lipinski definition) is 9. The number of carbonyl (C=O) groups is 1. The average Bonchev–Trinajstić information content (AvgIpc) is 3.44. The van der Waals surface area contributed by atoms with Crippen molar-refractivity contribution in [3.63, 3.8) is 0 Å². The zero-order chi connectivity index (χ0) is 56.0. The minimum absolute atomic E-state index is 0.248. The fraction of sp³-hybridized carbons (Fsp3) is 0.825. The highest BCUT2D eigenvalue weighted by atomic mass is 16.7. The lowest BCUT2D eigenvalue weighted by atomic mass is 9.97. The summed E-state index contributed by atoms with van der Waals surface area (Å²) in [6, 6.07) is -0.922. The molecule has 0 aromatic carbocycles. The summed E-state index contributed by atoms with van der Waals surface area (Å²) in [4.78, 5) is 13.3. The van der Waals surface area contributed by atoms with E-state index in [0.29, 0.717) is 6.42 Å². The molecule has 2 saturated heterocycles. The van der Waals surface area contributed by atoms with Crippen molar-refractivity contribution in [3.05, 3.63) is 60.8 Å². The van der Waals surface area contributed by atoms with Crippen molar-refractivity contribution in [2.75, 3.05) is 19.8 Å². The Bertz CT molecular complexity index is 1520. The molecule has 0 saturated carbocycles. The standard InChI is InChI=1S/C63H113NO13/c1-3-5-7-9-11-13-15-17-19-21-23-25-27-28-30-32-34-36-38-40-42-44-46-52(67)51(50-74-62-60(73)58(71)61(54(49-66)76-62)77-63-59(72)57(70)56(69)53(48-65)75-63)64-55(68)47-45-43-41-39-37-35-33-31-29-26-24-22-20-18-16-14-12-10-8-6-4-2/h6,8,12,14,18,20,24,26,44,46,51-54,56-63,65-67,69-73H,3-5,7,9-11,13,15-17,19,21-23,25,27-43,45,47-50H2,1-2H3,(H,64,68)/b8-6-,14-12-,20-18-,26-24-,46-44+. The van der Waals surface area contributed by atoms with E-state index < -0.39 is 86.8 Å². The summed E-state index contributed by atoms with van der Waals surface area (Å²) < 4.78 is 22.8. The van der Waals surface area contributed by atoms with Gasteiger partial charge in [-0.25, -0.2) is 0 Å². The minimum atomic E-state index is -1.79. The Kier molecular flexibility index (Phi) is 44.5. The normalized spacial score (nSPS) is 25.1. The number of unbranched alkanes of at least 4 members (excludes halogenated alkanes) is 28. The highest BCUT2D eigenvalue weighted by Gasteiger charge is 2.51. The third-order valence-electron chi connectivity index (χ3n) is 15.0. The molecule has 2 rings (SSSR count). The summed E-state index contributed by atoms with van der Waals surface area (Å²) in [5.74, 6) is -0.248. The number of nitrogens with one attached hydrogen (secondary N) is 1. The molecule has 0 aromatic rings. The monoisotopic (exact) mass is 1090 g/mol. The zero-order valence-electron chi connectivity index (χ0n) is 48.2. The fourth-order valence-corrected chi connectivity index (χ4v) is 9.99. The van der Waals surface area contributed by atoms with E-state index in [1.54, 1.807) is 6.08 Å². The molecular weight excluding hydrogens is 979 g/mol. The second-order valence-electron chi connectivity index (χ2n) is 21.8. The fourth-order valence-electron chi connectivity index (χ4n) is 9.99. The highest BCUT2D eigenvalue weighted by molar-refractivity contribution is 5.76. The van der Waals surface area contributed by atoms with E-state index in [9.17, 15) is 45.6 Å². The number of amides is 1. The van der Waals surface area contributed by atoms with Crippen molar-refractivity contribution in [2.45, 2.75) is 312 Å². The topological polar surface area (TPSA) is 228 Å². The van der Waals surface area contributed by atoms with Crippen LogP contribution in [0.1, 0.15) is 239 Å². The molecule has 0 aliphatic carbocycles. The van der Waals surface area contributed by atoms with Crippen LogP contribution >= 0.6 is 0 Å². The second-order valence-corrected chi connectivity index (χ2v) is 21.8. The van der Waals surface area contributed by atoms with Gasteiger partial charge in [-0.05, 0) is 57.8 Å². The summed E-state index contributed by atoms with van der Waals surface area (Å²) >= 11 is 0. The summed E-state index contributed by atoms with van der Waals surface area (Å²) in [7, 11) is 0. The van der Waals surface area contributed by atoms with Crippen molar-refractivity contribution >= 4 is 5.91 Å². The zero-order valence-corrected chi connectivity index (χ0v) is 48.2. The largest absolute Gasteiger partial charge is 0.394 e. The molecule has 0 radical (unpaired) electrons. The summed E-state index contributed by atoms with van der Waals surface area (Å²) in [6.45, 7) is 2.70. The quantitative estimate of drug-likeness (QED) is 0.0204. The molecule has 77 heavy (non-hydrogen) atoms. The van der Waals surface area contributed by atoms with Gasteiger partial charge in [0.15, 0.2) is 12.6 Å². The van der Waals surface area contributed by atoms with Crippen LogP contribution in [-0.4, -0.2) is 140 Å². The number of allylic oxidation sites excluding steroid dienone is 9. The van der Waals surface area contributed by atoms with Gasteiger partial charge in [0.25, 0.3) is 0 Å². The van der Waals surface area contributed by atoms with Crippen molar-refractivity contribution in [1.82, 2.24) is 5.32 Å². The number of aliphatic hydroxyl groups excluding tert-OH is 8. The first-order chi connectivity index (χ1) is 37.6. The third kappa shape index (κ3) is 33.9. The van der Waals surface area contributed by atoms with Crippen LogP contribution in [0, 0.1) is 0 Å². The molecule has 2 aliphatic rings. The predicted molar refractivity (Wildman–Crippen MR) is 309 cm³/mol. The second kappa shape index (κ2) is 48.4. The van der Waals surface area contributed by atoms with Gasteiger partial charge in [-0.15, -0.1) is 0 Å². The van der Waals surface area contributed by atoms with Gasteiger partial charge >= 0.3 is 0 Å². The van der Waals surface area contributed by atoms with Crippen molar-refractivity contribution in [2.24, 2.45) is 0 Å². The van der Waals surface area contributed by atoms with Crippen LogP contribution < -0.4 is 5.32 Å². The van der Waals surface area contributed by atoms with E-state index in [-0.39, 0.29) is 18.9 Å². The Morgan fingerprint density at radius 3 is 1.38 bits per heavy atom. The molecule has 0 bridgehead atoms. The molecule has 0 aromatic heterocycles.